The van der Waals surface area contributed by atoms with E-state index in [1.54, 1.807) is 23.6 Å². The Labute approximate surface area is 132 Å². The molecular weight excluding hydrogens is 324 g/mol. The van der Waals surface area contributed by atoms with Crippen LogP contribution in [0.2, 0.25) is 0 Å². The van der Waals surface area contributed by atoms with E-state index in [4.69, 9.17) is 5.14 Å². The number of nitrogens with two attached hydrogens (primary N) is 1. The van der Waals surface area contributed by atoms with E-state index in [1.807, 2.05) is 0 Å². The molecule has 0 fully saturated rings. The highest BCUT2D eigenvalue weighted by Gasteiger charge is 2.11. The Bertz CT molecular complexity index is 808. The van der Waals surface area contributed by atoms with Gasteiger partial charge in [-0.2, -0.15) is 0 Å². The molecule has 0 aliphatic rings. The molecule has 0 aliphatic heterocycles. The first kappa shape index (κ1) is 16.3. The van der Waals surface area contributed by atoms with Crippen LogP contribution in [0.3, 0.4) is 0 Å². The maximum atomic E-state index is 11.9. The first-order valence-corrected chi connectivity index (χ1v) is 8.69. The number of nitrogens with one attached hydrogen (secondary N) is 1. The van der Waals surface area contributed by atoms with Crippen molar-refractivity contribution in [2.75, 3.05) is 0 Å². The minimum absolute atomic E-state index is 0.0199. The predicted molar refractivity (Wildman–Crippen MR) is 83.3 cm³/mol. The van der Waals surface area contributed by atoms with Gasteiger partial charge in [0, 0.05) is 11.9 Å². The quantitative estimate of drug-likeness (QED) is 0.806. The van der Waals surface area contributed by atoms with Gasteiger partial charge in [-0.25, -0.2) is 13.6 Å². The number of primary sulfonamides is 1. The van der Waals surface area contributed by atoms with Crippen LogP contribution in [0, 0.1) is 0 Å². The molecule has 1 aromatic heterocycles. The second-order valence-corrected chi connectivity index (χ2v) is 7.10. The molecule has 0 saturated carbocycles. The Balaban J connectivity index is 2.00. The molecular formula is C14H14N2O4S2. The van der Waals surface area contributed by atoms with Crippen molar-refractivity contribution < 1.29 is 18.0 Å². The van der Waals surface area contributed by atoms with Crippen LogP contribution in [0.1, 0.15) is 32.5 Å². The first-order valence-electron chi connectivity index (χ1n) is 6.27. The van der Waals surface area contributed by atoms with Gasteiger partial charge >= 0.3 is 0 Å². The average Bonchev–Trinajstić information content (AvgIpc) is 2.94. The number of benzene rings is 1. The molecule has 0 atom stereocenters. The molecule has 8 heteroatoms. The van der Waals surface area contributed by atoms with E-state index in [2.05, 4.69) is 5.32 Å². The van der Waals surface area contributed by atoms with Crippen LogP contribution in [-0.4, -0.2) is 20.1 Å². The summed E-state index contributed by atoms with van der Waals surface area (Å²) in [5.41, 5.74) is 1.17. The van der Waals surface area contributed by atoms with Crippen molar-refractivity contribution >= 4 is 33.1 Å². The molecule has 0 bridgehead atoms. The molecule has 1 aromatic carbocycles. The number of hydrogen-bond donors (Lipinski definition) is 2. The third-order valence-corrected chi connectivity index (χ3v) is 4.87. The van der Waals surface area contributed by atoms with Gasteiger partial charge in [-0.15, -0.1) is 11.3 Å². The molecule has 0 saturated heterocycles. The Kier molecular flexibility index (Phi) is 4.74. The maximum absolute atomic E-state index is 11.9. The molecule has 1 heterocycles. The van der Waals surface area contributed by atoms with E-state index in [0.29, 0.717) is 10.4 Å². The molecule has 0 unspecified atom stereocenters. The Morgan fingerprint density at radius 1 is 1.23 bits per heavy atom. The second kappa shape index (κ2) is 6.39. The van der Waals surface area contributed by atoms with E-state index >= 15 is 0 Å². The number of rotatable bonds is 5. The summed E-state index contributed by atoms with van der Waals surface area (Å²) in [7, 11) is -3.72. The summed E-state index contributed by atoms with van der Waals surface area (Å²) in [4.78, 5) is 23.7. The number of thiophene rings is 1. The number of Topliss-reactive ketones (excluding diaryl/α,β-unsaturated/α-hetero) is 1. The Hall–Kier alpha value is -2.03. The normalized spacial score (nSPS) is 11.2. The third kappa shape index (κ3) is 4.00. The van der Waals surface area contributed by atoms with Crippen molar-refractivity contribution in [2.45, 2.75) is 18.4 Å². The summed E-state index contributed by atoms with van der Waals surface area (Å²) in [6.45, 7) is 1.69. The van der Waals surface area contributed by atoms with E-state index in [9.17, 15) is 18.0 Å². The lowest BCUT2D eigenvalue weighted by Crippen LogP contribution is -2.22. The average molecular weight is 338 g/mol. The standard InChI is InChI=1S/C14H14N2O4S2/c1-9(17)13-6-11(8-21-13)14(18)16-7-10-2-4-12(5-3-10)22(15,19)20/h2-6,8H,7H2,1H3,(H,16,18)(H2,15,19,20). The number of carbonyl (C=O) groups excluding carboxylic acids is 2. The lowest BCUT2D eigenvalue weighted by Gasteiger charge is -2.05. The molecule has 2 aromatic rings. The summed E-state index contributed by atoms with van der Waals surface area (Å²) < 4.78 is 22.3. The number of sulfonamides is 1. The van der Waals surface area contributed by atoms with Gasteiger partial charge < -0.3 is 5.32 Å². The molecule has 0 aliphatic carbocycles. The van der Waals surface area contributed by atoms with Gasteiger partial charge in [0.25, 0.3) is 5.91 Å². The van der Waals surface area contributed by atoms with Crippen molar-refractivity contribution in [1.82, 2.24) is 5.32 Å². The lowest BCUT2D eigenvalue weighted by molar-refractivity contribution is 0.0951. The summed E-state index contributed by atoms with van der Waals surface area (Å²) >= 11 is 1.22. The smallest absolute Gasteiger partial charge is 0.252 e. The third-order valence-electron chi connectivity index (χ3n) is 2.91. The van der Waals surface area contributed by atoms with Gasteiger partial charge in [0.2, 0.25) is 10.0 Å². The van der Waals surface area contributed by atoms with Crippen LogP contribution >= 0.6 is 11.3 Å². The zero-order chi connectivity index (χ0) is 16.3. The van der Waals surface area contributed by atoms with Crippen LogP contribution in [0.25, 0.3) is 0 Å². The Morgan fingerprint density at radius 3 is 2.36 bits per heavy atom. The second-order valence-electron chi connectivity index (χ2n) is 4.63. The fraction of sp³-hybridized carbons (Fsp3) is 0.143. The van der Waals surface area contributed by atoms with E-state index < -0.39 is 10.0 Å². The molecule has 0 spiro atoms. The maximum Gasteiger partial charge on any atom is 0.252 e. The van der Waals surface area contributed by atoms with E-state index in [0.717, 1.165) is 5.56 Å². The summed E-state index contributed by atoms with van der Waals surface area (Å²) in [5.74, 6) is -0.373. The number of hydrogen-bond acceptors (Lipinski definition) is 5. The SMILES string of the molecule is CC(=O)c1cc(C(=O)NCc2ccc(S(N)(=O)=O)cc2)cs1. The predicted octanol–water partition coefficient (Wildman–Crippen LogP) is 1.53. The summed E-state index contributed by atoms with van der Waals surface area (Å²) in [6, 6.07) is 7.47. The van der Waals surface area contributed by atoms with E-state index in [1.165, 1.54) is 30.4 Å². The highest BCUT2D eigenvalue weighted by atomic mass is 32.2. The monoisotopic (exact) mass is 338 g/mol. The molecule has 3 N–H and O–H groups in total. The van der Waals surface area contributed by atoms with Crippen molar-refractivity contribution in [3.8, 4) is 0 Å². The zero-order valence-corrected chi connectivity index (χ0v) is 13.3. The summed E-state index contributed by atoms with van der Waals surface area (Å²) in [6.07, 6.45) is 0. The zero-order valence-electron chi connectivity index (χ0n) is 11.7. The number of carbonyl (C=O) groups is 2. The van der Waals surface area contributed by atoms with Crippen LogP contribution in [0.15, 0.2) is 40.6 Å². The lowest BCUT2D eigenvalue weighted by atomic mass is 10.2. The molecule has 0 radical (unpaired) electrons. The molecule has 22 heavy (non-hydrogen) atoms. The van der Waals surface area contributed by atoms with Crippen LogP contribution in [-0.2, 0) is 16.6 Å². The largest absolute Gasteiger partial charge is 0.348 e. The number of ketones is 1. The van der Waals surface area contributed by atoms with Gasteiger partial charge in [-0.1, -0.05) is 12.1 Å². The fourth-order valence-electron chi connectivity index (χ4n) is 1.72. The van der Waals surface area contributed by atoms with E-state index in [-0.39, 0.29) is 23.1 Å². The molecule has 116 valence electrons. The van der Waals surface area contributed by atoms with Gasteiger partial charge in [0.05, 0.1) is 15.3 Å². The molecule has 6 nitrogen and oxygen atoms in total. The van der Waals surface area contributed by atoms with Gasteiger partial charge in [-0.3, -0.25) is 9.59 Å². The topological polar surface area (TPSA) is 106 Å². The Morgan fingerprint density at radius 2 is 1.86 bits per heavy atom. The van der Waals surface area contributed by atoms with Crippen LogP contribution in [0.5, 0.6) is 0 Å². The highest BCUT2D eigenvalue weighted by Crippen LogP contribution is 2.15. The van der Waals surface area contributed by atoms with Crippen molar-refractivity contribution in [3.05, 3.63) is 51.7 Å². The number of amides is 1. The fourth-order valence-corrected chi connectivity index (χ4v) is 3.03. The van der Waals surface area contributed by atoms with Crippen molar-refractivity contribution in [2.24, 2.45) is 5.14 Å². The van der Waals surface area contributed by atoms with Crippen LogP contribution in [0.4, 0.5) is 0 Å². The van der Waals surface area contributed by atoms with Gasteiger partial charge in [0.1, 0.15) is 0 Å². The first-order chi connectivity index (χ1) is 10.3. The molecule has 1 amide bonds. The van der Waals surface area contributed by atoms with Gasteiger partial charge in [-0.05, 0) is 30.7 Å². The van der Waals surface area contributed by atoms with Crippen molar-refractivity contribution in [1.29, 1.82) is 0 Å². The minimum Gasteiger partial charge on any atom is -0.348 e. The molecule has 2 rings (SSSR count). The highest BCUT2D eigenvalue weighted by molar-refractivity contribution is 7.89. The van der Waals surface area contributed by atoms with Crippen LogP contribution < -0.4 is 10.5 Å². The summed E-state index contributed by atoms with van der Waals surface area (Å²) in [5, 5.41) is 9.33. The van der Waals surface area contributed by atoms with Crippen molar-refractivity contribution in [3.63, 3.8) is 0 Å². The minimum atomic E-state index is -3.72. The van der Waals surface area contributed by atoms with Gasteiger partial charge in [0.15, 0.2) is 5.78 Å².